The molecule has 0 radical (unpaired) electrons. The van der Waals surface area contributed by atoms with Gasteiger partial charge in [-0.15, -0.1) is 11.3 Å². The van der Waals surface area contributed by atoms with E-state index in [-0.39, 0.29) is 16.8 Å². The highest BCUT2D eigenvalue weighted by Crippen LogP contribution is 2.30. The summed E-state index contributed by atoms with van der Waals surface area (Å²) in [7, 11) is -3.98. The number of amides is 1. The molecule has 1 unspecified atom stereocenters. The number of carbonyl (C=O) groups excluding carboxylic acids is 1. The highest BCUT2D eigenvalue weighted by atomic mass is 32.2. The molecule has 1 atom stereocenters. The number of ether oxygens (including phenoxy) is 1. The van der Waals surface area contributed by atoms with Gasteiger partial charge >= 0.3 is 0 Å². The molecule has 4 aromatic rings. The third-order valence-corrected chi connectivity index (χ3v) is 9.16. The minimum atomic E-state index is -3.98. The number of para-hydroxylation sites is 1. The molecular weight excluding hydrogens is 520 g/mol. The minimum Gasteiger partial charge on any atom is -0.381 e. The van der Waals surface area contributed by atoms with E-state index in [1.807, 2.05) is 48.5 Å². The van der Waals surface area contributed by atoms with Gasteiger partial charge in [0.1, 0.15) is 5.01 Å². The van der Waals surface area contributed by atoms with Gasteiger partial charge in [-0.05, 0) is 60.7 Å². The van der Waals surface area contributed by atoms with Crippen molar-refractivity contribution in [3.63, 3.8) is 0 Å². The molecule has 1 amide bonds. The lowest BCUT2D eigenvalue weighted by atomic mass is 10.0. The molecule has 0 saturated carbocycles. The van der Waals surface area contributed by atoms with E-state index in [9.17, 15) is 13.2 Å². The molecule has 1 saturated heterocycles. The SMILES string of the molecule is NCc1cccc(CC(NS(=O)(=O)c2cccc(C(=O)NC3CCOCC3)c2)c2nc3ccccc3s2)c1. The van der Waals surface area contributed by atoms with Gasteiger partial charge in [-0.2, -0.15) is 0 Å². The Morgan fingerprint density at radius 1 is 1.03 bits per heavy atom. The van der Waals surface area contributed by atoms with E-state index in [0.29, 0.717) is 36.8 Å². The maximum atomic E-state index is 13.6. The number of thiazole rings is 1. The van der Waals surface area contributed by atoms with Gasteiger partial charge in [0, 0.05) is 31.4 Å². The first-order valence-electron chi connectivity index (χ1n) is 12.6. The second-order valence-corrected chi connectivity index (χ2v) is 12.1. The number of nitrogens with two attached hydrogens (primary N) is 1. The summed E-state index contributed by atoms with van der Waals surface area (Å²) < 4.78 is 36.4. The molecule has 0 bridgehead atoms. The first-order chi connectivity index (χ1) is 18.4. The zero-order valence-electron chi connectivity index (χ0n) is 20.8. The Bertz CT molecular complexity index is 1500. The van der Waals surface area contributed by atoms with Crippen LogP contribution in [0.4, 0.5) is 0 Å². The van der Waals surface area contributed by atoms with Crippen molar-refractivity contribution in [2.75, 3.05) is 13.2 Å². The van der Waals surface area contributed by atoms with Crippen molar-refractivity contribution in [1.29, 1.82) is 0 Å². The van der Waals surface area contributed by atoms with Crippen LogP contribution < -0.4 is 15.8 Å². The molecule has 198 valence electrons. The number of hydrogen-bond acceptors (Lipinski definition) is 7. The van der Waals surface area contributed by atoms with Crippen molar-refractivity contribution < 1.29 is 17.9 Å². The van der Waals surface area contributed by atoms with E-state index in [2.05, 4.69) is 10.0 Å². The molecular formula is C28H30N4O4S2. The summed E-state index contributed by atoms with van der Waals surface area (Å²) in [6.45, 7) is 1.60. The molecule has 2 heterocycles. The second kappa shape index (κ2) is 11.7. The van der Waals surface area contributed by atoms with Gasteiger partial charge in [0.25, 0.3) is 5.91 Å². The fraction of sp³-hybridized carbons (Fsp3) is 0.286. The number of aromatic nitrogens is 1. The van der Waals surface area contributed by atoms with Crippen LogP contribution in [0.2, 0.25) is 0 Å². The van der Waals surface area contributed by atoms with Crippen LogP contribution in [0, 0.1) is 0 Å². The number of carbonyl (C=O) groups is 1. The summed E-state index contributed by atoms with van der Waals surface area (Å²) in [5, 5.41) is 3.65. The Morgan fingerprint density at radius 2 is 1.79 bits per heavy atom. The Morgan fingerprint density at radius 3 is 2.58 bits per heavy atom. The summed E-state index contributed by atoms with van der Waals surface area (Å²) in [5.41, 5.74) is 8.86. The summed E-state index contributed by atoms with van der Waals surface area (Å²) >= 11 is 1.46. The standard InChI is InChI=1S/C28H30N4O4S2/c29-18-20-6-3-5-19(15-20)16-25(28-31-24-9-1-2-10-26(24)37-28)32-38(34,35)23-8-4-7-21(17-23)27(33)30-22-11-13-36-14-12-22/h1-10,15,17,22,25,32H,11-14,16,18,29H2,(H,30,33). The average molecular weight is 551 g/mol. The van der Waals surface area contributed by atoms with Crippen molar-refractivity contribution in [3.05, 3.63) is 94.5 Å². The van der Waals surface area contributed by atoms with E-state index in [1.54, 1.807) is 12.1 Å². The van der Waals surface area contributed by atoms with Crippen molar-refractivity contribution in [2.24, 2.45) is 5.73 Å². The van der Waals surface area contributed by atoms with E-state index in [1.165, 1.54) is 23.5 Å². The number of benzene rings is 3. The molecule has 1 aromatic heterocycles. The highest BCUT2D eigenvalue weighted by molar-refractivity contribution is 7.89. The van der Waals surface area contributed by atoms with Gasteiger partial charge in [-0.3, -0.25) is 4.79 Å². The molecule has 1 aliphatic rings. The molecule has 0 spiro atoms. The van der Waals surface area contributed by atoms with Crippen molar-refractivity contribution in [1.82, 2.24) is 15.0 Å². The quantitative estimate of drug-likeness (QED) is 0.290. The monoisotopic (exact) mass is 550 g/mol. The molecule has 38 heavy (non-hydrogen) atoms. The molecule has 3 aromatic carbocycles. The molecule has 4 N–H and O–H groups in total. The zero-order chi connectivity index (χ0) is 26.5. The van der Waals surface area contributed by atoms with Crippen LogP contribution in [0.3, 0.4) is 0 Å². The number of fused-ring (bicyclic) bond motifs is 1. The van der Waals surface area contributed by atoms with Gasteiger partial charge in [-0.1, -0.05) is 42.5 Å². The predicted octanol–water partition coefficient (Wildman–Crippen LogP) is 3.93. The lowest BCUT2D eigenvalue weighted by Crippen LogP contribution is -2.39. The largest absolute Gasteiger partial charge is 0.381 e. The van der Waals surface area contributed by atoms with Gasteiger partial charge in [0.05, 0.1) is 21.2 Å². The van der Waals surface area contributed by atoms with Crippen molar-refractivity contribution in [3.8, 4) is 0 Å². The third kappa shape index (κ3) is 6.28. The van der Waals surface area contributed by atoms with E-state index < -0.39 is 16.1 Å². The van der Waals surface area contributed by atoms with Crippen LogP contribution >= 0.6 is 11.3 Å². The summed E-state index contributed by atoms with van der Waals surface area (Å²) in [5.74, 6) is -0.296. The molecule has 8 nitrogen and oxygen atoms in total. The second-order valence-electron chi connectivity index (χ2n) is 9.31. The topological polar surface area (TPSA) is 123 Å². The van der Waals surface area contributed by atoms with E-state index in [0.717, 1.165) is 34.2 Å². The van der Waals surface area contributed by atoms with Crippen LogP contribution in [-0.2, 0) is 27.7 Å². The van der Waals surface area contributed by atoms with E-state index >= 15 is 0 Å². The molecule has 5 rings (SSSR count). The Balaban J connectivity index is 1.42. The summed E-state index contributed by atoms with van der Waals surface area (Å²) in [6.07, 6.45) is 1.87. The van der Waals surface area contributed by atoms with Crippen LogP contribution in [0.1, 0.15) is 45.4 Å². The Kier molecular flexibility index (Phi) is 8.15. The van der Waals surface area contributed by atoms with Crippen LogP contribution in [0.15, 0.2) is 77.7 Å². The summed E-state index contributed by atoms with van der Waals surface area (Å²) in [6, 6.07) is 21.1. The third-order valence-electron chi connectivity index (χ3n) is 6.54. The van der Waals surface area contributed by atoms with Gasteiger partial charge < -0.3 is 15.8 Å². The Labute approximate surface area is 226 Å². The lowest BCUT2D eigenvalue weighted by molar-refractivity contribution is 0.0696. The Hall–Kier alpha value is -3.15. The maximum absolute atomic E-state index is 13.6. The maximum Gasteiger partial charge on any atom is 0.251 e. The number of sulfonamides is 1. The van der Waals surface area contributed by atoms with Gasteiger partial charge in [-0.25, -0.2) is 18.1 Å². The number of nitrogens with zero attached hydrogens (tertiary/aromatic N) is 1. The van der Waals surface area contributed by atoms with Crippen molar-refractivity contribution >= 4 is 37.5 Å². The van der Waals surface area contributed by atoms with Gasteiger partial charge in [0.15, 0.2) is 0 Å². The fourth-order valence-electron chi connectivity index (χ4n) is 4.51. The average Bonchev–Trinajstić information content (AvgIpc) is 3.38. The normalized spacial score (nSPS) is 15.4. The smallest absolute Gasteiger partial charge is 0.251 e. The fourth-order valence-corrected chi connectivity index (χ4v) is 6.85. The van der Waals surface area contributed by atoms with Gasteiger partial charge in [0.2, 0.25) is 10.0 Å². The number of rotatable bonds is 9. The summed E-state index contributed by atoms with van der Waals surface area (Å²) in [4.78, 5) is 17.6. The first-order valence-corrected chi connectivity index (χ1v) is 14.9. The van der Waals surface area contributed by atoms with E-state index in [4.69, 9.17) is 15.5 Å². The van der Waals surface area contributed by atoms with Crippen LogP contribution in [0.25, 0.3) is 10.2 Å². The highest BCUT2D eigenvalue weighted by Gasteiger charge is 2.26. The number of hydrogen-bond donors (Lipinski definition) is 3. The predicted molar refractivity (Wildman–Crippen MR) is 148 cm³/mol. The molecule has 0 aliphatic carbocycles. The molecule has 10 heteroatoms. The van der Waals surface area contributed by atoms with Crippen LogP contribution in [0.5, 0.6) is 0 Å². The van der Waals surface area contributed by atoms with Crippen LogP contribution in [-0.4, -0.2) is 38.6 Å². The first kappa shape index (κ1) is 26.5. The van der Waals surface area contributed by atoms with Crippen molar-refractivity contribution in [2.45, 2.75) is 42.8 Å². The minimum absolute atomic E-state index is 0.0161. The molecule has 1 fully saturated rings. The molecule has 1 aliphatic heterocycles. The lowest BCUT2D eigenvalue weighted by Gasteiger charge is -2.23. The number of nitrogens with one attached hydrogen (secondary N) is 2. The zero-order valence-corrected chi connectivity index (χ0v) is 22.4.